The van der Waals surface area contributed by atoms with Crippen molar-refractivity contribution in [2.45, 2.75) is 25.8 Å². The zero-order valence-corrected chi connectivity index (χ0v) is 8.97. The zero-order chi connectivity index (χ0) is 12.3. The second kappa shape index (κ2) is 4.85. The minimum atomic E-state index is -0.939. The van der Waals surface area contributed by atoms with Crippen LogP contribution < -0.4 is 5.73 Å². The molecule has 1 rings (SSSR count). The third kappa shape index (κ3) is 2.64. The number of hydrogen-bond acceptors (Lipinski definition) is 4. The normalized spacial score (nSPS) is 12.4. The van der Waals surface area contributed by atoms with Gasteiger partial charge in [0.05, 0.1) is 0 Å². The highest BCUT2D eigenvalue weighted by Gasteiger charge is 2.16. The maximum Gasteiger partial charge on any atom is 0.303 e. The molecule has 0 aliphatic rings. The van der Waals surface area contributed by atoms with Gasteiger partial charge in [0.1, 0.15) is 0 Å². The number of aryl methyl sites for hydroxylation is 1. The Morgan fingerprint density at radius 3 is 2.56 bits per heavy atom. The number of hydrogen-bond donors (Lipinski definition) is 4. The Labute approximate surface area is 93.1 Å². The summed E-state index contributed by atoms with van der Waals surface area (Å²) in [5.41, 5.74) is 6.64. The minimum Gasteiger partial charge on any atom is -0.504 e. The second-order valence-electron chi connectivity index (χ2n) is 3.71. The van der Waals surface area contributed by atoms with Crippen LogP contribution in [0.4, 0.5) is 0 Å². The molecule has 0 amide bonds. The molecule has 88 valence electrons. The van der Waals surface area contributed by atoms with Gasteiger partial charge in [-0.05, 0) is 18.9 Å². The van der Waals surface area contributed by atoms with Crippen LogP contribution in [0.5, 0.6) is 11.5 Å². The number of benzene rings is 1. The van der Waals surface area contributed by atoms with E-state index in [1.165, 1.54) is 0 Å². The van der Waals surface area contributed by atoms with Crippen LogP contribution in [0.15, 0.2) is 12.1 Å². The van der Waals surface area contributed by atoms with Crippen molar-refractivity contribution in [1.29, 1.82) is 0 Å². The third-order valence-corrected chi connectivity index (χ3v) is 2.45. The molecular weight excluding hydrogens is 210 g/mol. The lowest BCUT2D eigenvalue weighted by molar-refractivity contribution is -0.137. The highest BCUT2D eigenvalue weighted by atomic mass is 16.4. The summed E-state index contributed by atoms with van der Waals surface area (Å²) in [5.74, 6) is -1.41. The Bertz CT molecular complexity index is 403. The molecule has 1 atom stereocenters. The topological polar surface area (TPSA) is 104 Å². The number of carboxylic acid groups (broad SMARTS) is 1. The number of carboxylic acids is 1. The molecule has 1 aromatic carbocycles. The van der Waals surface area contributed by atoms with E-state index in [4.69, 9.17) is 10.8 Å². The van der Waals surface area contributed by atoms with Crippen molar-refractivity contribution >= 4 is 5.97 Å². The second-order valence-corrected chi connectivity index (χ2v) is 3.71. The first-order chi connectivity index (χ1) is 7.43. The van der Waals surface area contributed by atoms with Gasteiger partial charge in [0.25, 0.3) is 0 Å². The number of phenols is 2. The predicted octanol–water partition coefficient (Wildman–Crippen LogP) is 1.27. The Morgan fingerprint density at radius 2 is 2.00 bits per heavy atom. The van der Waals surface area contributed by atoms with Crippen LogP contribution in [0.1, 0.15) is 30.0 Å². The van der Waals surface area contributed by atoms with E-state index in [1.807, 2.05) is 0 Å². The molecule has 1 unspecified atom stereocenters. The summed E-state index contributed by atoms with van der Waals surface area (Å²) in [6.45, 7) is 1.65. The SMILES string of the molecule is Cc1ccc(C(N)CCC(=O)O)c(O)c1O. The van der Waals surface area contributed by atoms with Crippen LogP contribution in [-0.2, 0) is 4.79 Å². The van der Waals surface area contributed by atoms with Crippen molar-refractivity contribution in [1.82, 2.24) is 0 Å². The van der Waals surface area contributed by atoms with Gasteiger partial charge < -0.3 is 21.1 Å². The van der Waals surface area contributed by atoms with Crippen LogP contribution in [0.3, 0.4) is 0 Å². The molecule has 0 aliphatic carbocycles. The highest BCUT2D eigenvalue weighted by Crippen LogP contribution is 2.35. The number of rotatable bonds is 4. The molecule has 0 aromatic heterocycles. The zero-order valence-electron chi connectivity index (χ0n) is 8.97. The van der Waals surface area contributed by atoms with Crippen molar-refractivity contribution in [2.75, 3.05) is 0 Å². The number of aliphatic carboxylic acids is 1. The molecule has 5 N–H and O–H groups in total. The summed E-state index contributed by atoms with van der Waals surface area (Å²) in [4.78, 5) is 10.4. The number of aromatic hydroxyl groups is 2. The lowest BCUT2D eigenvalue weighted by Gasteiger charge is -2.14. The van der Waals surface area contributed by atoms with Gasteiger partial charge in [0.15, 0.2) is 11.5 Å². The van der Waals surface area contributed by atoms with Gasteiger partial charge in [-0.2, -0.15) is 0 Å². The summed E-state index contributed by atoms with van der Waals surface area (Å²) in [6.07, 6.45) is 0.140. The largest absolute Gasteiger partial charge is 0.504 e. The molecule has 0 aliphatic heterocycles. The smallest absolute Gasteiger partial charge is 0.303 e. The van der Waals surface area contributed by atoms with E-state index in [2.05, 4.69) is 0 Å². The fourth-order valence-corrected chi connectivity index (χ4v) is 1.43. The maximum absolute atomic E-state index is 10.4. The van der Waals surface area contributed by atoms with Crippen LogP contribution in [-0.4, -0.2) is 21.3 Å². The van der Waals surface area contributed by atoms with Crippen molar-refractivity contribution in [3.8, 4) is 11.5 Å². The molecule has 0 saturated carbocycles. The molecule has 0 heterocycles. The standard InChI is InChI=1S/C11H15NO4/c1-6-2-3-7(11(16)10(6)15)8(12)4-5-9(13)14/h2-3,8,15-16H,4-5,12H2,1H3,(H,13,14). The number of carbonyl (C=O) groups is 1. The summed E-state index contributed by atoms with van der Waals surface area (Å²) < 4.78 is 0. The molecule has 0 bridgehead atoms. The van der Waals surface area contributed by atoms with Gasteiger partial charge in [-0.3, -0.25) is 4.79 Å². The molecular formula is C11H15NO4. The highest BCUT2D eigenvalue weighted by molar-refractivity contribution is 5.66. The first kappa shape index (κ1) is 12.3. The van der Waals surface area contributed by atoms with Crippen LogP contribution in [0.25, 0.3) is 0 Å². The predicted molar refractivity (Wildman–Crippen MR) is 58.3 cm³/mol. The van der Waals surface area contributed by atoms with Gasteiger partial charge >= 0.3 is 5.97 Å². The molecule has 0 radical (unpaired) electrons. The average Bonchev–Trinajstić information content (AvgIpc) is 2.23. The molecule has 5 heteroatoms. The van der Waals surface area contributed by atoms with E-state index in [1.54, 1.807) is 19.1 Å². The molecule has 16 heavy (non-hydrogen) atoms. The van der Waals surface area contributed by atoms with Crippen molar-refractivity contribution < 1.29 is 20.1 Å². The summed E-state index contributed by atoms with van der Waals surface area (Å²) >= 11 is 0. The van der Waals surface area contributed by atoms with E-state index in [-0.39, 0.29) is 24.3 Å². The van der Waals surface area contributed by atoms with Crippen molar-refractivity contribution in [3.63, 3.8) is 0 Å². The molecule has 0 saturated heterocycles. The van der Waals surface area contributed by atoms with Gasteiger partial charge in [0.2, 0.25) is 0 Å². The van der Waals surface area contributed by atoms with E-state index in [9.17, 15) is 15.0 Å². The number of phenolic OH excluding ortho intramolecular Hbond substituents is 2. The fraction of sp³-hybridized carbons (Fsp3) is 0.364. The lowest BCUT2D eigenvalue weighted by atomic mass is 10.00. The quantitative estimate of drug-likeness (QED) is 0.578. The number of nitrogens with two attached hydrogens (primary N) is 1. The maximum atomic E-state index is 10.4. The molecule has 1 aromatic rings. The van der Waals surface area contributed by atoms with Gasteiger partial charge in [-0.25, -0.2) is 0 Å². The summed E-state index contributed by atoms with van der Waals surface area (Å²) in [5, 5.41) is 27.6. The van der Waals surface area contributed by atoms with E-state index < -0.39 is 12.0 Å². The first-order valence-corrected chi connectivity index (χ1v) is 4.92. The minimum absolute atomic E-state index is 0.0742. The summed E-state index contributed by atoms with van der Waals surface area (Å²) in [6, 6.07) is 2.63. The third-order valence-electron chi connectivity index (χ3n) is 2.45. The Hall–Kier alpha value is -1.75. The van der Waals surface area contributed by atoms with E-state index in [0.29, 0.717) is 11.1 Å². The van der Waals surface area contributed by atoms with Crippen molar-refractivity contribution in [2.24, 2.45) is 5.73 Å². The van der Waals surface area contributed by atoms with E-state index >= 15 is 0 Å². The molecule has 5 nitrogen and oxygen atoms in total. The average molecular weight is 225 g/mol. The van der Waals surface area contributed by atoms with Gasteiger partial charge in [-0.15, -0.1) is 0 Å². The van der Waals surface area contributed by atoms with E-state index in [0.717, 1.165) is 0 Å². The van der Waals surface area contributed by atoms with Crippen LogP contribution >= 0.6 is 0 Å². The van der Waals surface area contributed by atoms with Gasteiger partial charge in [0, 0.05) is 18.0 Å². The van der Waals surface area contributed by atoms with Gasteiger partial charge in [-0.1, -0.05) is 12.1 Å². The molecule has 0 fully saturated rings. The summed E-state index contributed by atoms with van der Waals surface area (Å²) in [7, 11) is 0. The lowest BCUT2D eigenvalue weighted by Crippen LogP contribution is -2.12. The van der Waals surface area contributed by atoms with Crippen LogP contribution in [0.2, 0.25) is 0 Å². The van der Waals surface area contributed by atoms with Crippen molar-refractivity contribution in [3.05, 3.63) is 23.3 Å². The van der Waals surface area contributed by atoms with Crippen LogP contribution in [0, 0.1) is 6.92 Å². The molecule has 0 spiro atoms. The monoisotopic (exact) mass is 225 g/mol. The Morgan fingerprint density at radius 1 is 1.38 bits per heavy atom. The fourth-order valence-electron chi connectivity index (χ4n) is 1.43. The first-order valence-electron chi connectivity index (χ1n) is 4.92. The Balaban J connectivity index is 2.87. The Kier molecular flexibility index (Phi) is 3.73.